The van der Waals surface area contributed by atoms with Crippen LogP contribution in [0, 0.1) is 17.1 Å². The first-order valence-electron chi connectivity index (χ1n) is 5.70. The fourth-order valence-corrected chi connectivity index (χ4v) is 1.50. The number of unbranched alkanes of at least 4 members (excludes halogenated alkanes) is 2. The molecule has 0 aromatic heterocycles. The van der Waals surface area contributed by atoms with Crippen molar-refractivity contribution in [1.29, 1.82) is 5.26 Å². The van der Waals surface area contributed by atoms with Crippen molar-refractivity contribution in [2.75, 3.05) is 6.61 Å². The van der Waals surface area contributed by atoms with Crippen molar-refractivity contribution in [3.8, 4) is 11.8 Å². The lowest BCUT2D eigenvalue weighted by Gasteiger charge is -2.13. The average molecular weight is 236 g/mol. The average Bonchev–Trinajstić information content (AvgIpc) is 2.28. The first kappa shape index (κ1) is 13.5. The van der Waals surface area contributed by atoms with Crippen LogP contribution < -0.4 is 10.5 Å². The second-order valence-electron chi connectivity index (χ2n) is 3.93. The molecule has 2 N–H and O–H groups in total. The van der Waals surface area contributed by atoms with E-state index in [-0.39, 0.29) is 11.9 Å². The first-order valence-corrected chi connectivity index (χ1v) is 5.70. The molecule has 0 unspecified atom stereocenters. The van der Waals surface area contributed by atoms with Crippen LogP contribution in [0.5, 0.6) is 5.75 Å². The fraction of sp³-hybridized carbons (Fsp3) is 0.462. The molecule has 1 aromatic rings. The molecule has 3 nitrogen and oxygen atoms in total. The molecule has 0 amide bonds. The second kappa shape index (κ2) is 6.87. The van der Waals surface area contributed by atoms with Crippen LogP contribution in [0.2, 0.25) is 0 Å². The normalized spacial score (nSPS) is 11.9. The highest BCUT2D eigenvalue weighted by Crippen LogP contribution is 2.25. The van der Waals surface area contributed by atoms with Gasteiger partial charge in [-0.15, -0.1) is 0 Å². The van der Waals surface area contributed by atoms with Gasteiger partial charge in [-0.05, 0) is 25.8 Å². The van der Waals surface area contributed by atoms with E-state index in [9.17, 15) is 4.39 Å². The summed E-state index contributed by atoms with van der Waals surface area (Å²) in [6.07, 6.45) is 2.09. The minimum atomic E-state index is -0.332. The van der Waals surface area contributed by atoms with Gasteiger partial charge in [0.15, 0.2) is 0 Å². The standard InChI is InChI=1S/C13H17FN2O/c1-10(16)12-6-5-11(14)9-13(12)17-8-4-2-3-7-15/h5-6,9-10H,2-4,8,16H2,1H3/t10-/m0/s1. The summed E-state index contributed by atoms with van der Waals surface area (Å²) in [4.78, 5) is 0. The quantitative estimate of drug-likeness (QED) is 0.772. The molecule has 0 aliphatic carbocycles. The van der Waals surface area contributed by atoms with Gasteiger partial charge in [0, 0.05) is 24.1 Å². The van der Waals surface area contributed by atoms with E-state index in [0.29, 0.717) is 18.8 Å². The predicted molar refractivity (Wildman–Crippen MR) is 64.0 cm³/mol. The summed E-state index contributed by atoms with van der Waals surface area (Å²) < 4.78 is 18.6. The lowest BCUT2D eigenvalue weighted by atomic mass is 10.1. The number of hydrogen-bond donors (Lipinski definition) is 1. The molecular weight excluding hydrogens is 219 g/mol. The topological polar surface area (TPSA) is 59.0 Å². The number of nitrogens with zero attached hydrogens (tertiary/aromatic N) is 1. The maximum atomic E-state index is 13.1. The van der Waals surface area contributed by atoms with Gasteiger partial charge < -0.3 is 10.5 Å². The lowest BCUT2D eigenvalue weighted by molar-refractivity contribution is 0.301. The number of halogens is 1. The molecule has 17 heavy (non-hydrogen) atoms. The van der Waals surface area contributed by atoms with Crippen LogP contribution in [0.1, 0.15) is 37.8 Å². The van der Waals surface area contributed by atoms with Crippen LogP contribution in [0.25, 0.3) is 0 Å². The number of nitrogens with two attached hydrogens (primary N) is 1. The molecule has 0 saturated carbocycles. The smallest absolute Gasteiger partial charge is 0.126 e. The van der Waals surface area contributed by atoms with E-state index < -0.39 is 0 Å². The van der Waals surface area contributed by atoms with Crippen molar-refractivity contribution in [1.82, 2.24) is 0 Å². The minimum absolute atomic E-state index is 0.190. The molecule has 1 rings (SSSR count). The Kier molecular flexibility index (Phi) is 5.44. The van der Waals surface area contributed by atoms with Gasteiger partial charge in [0.1, 0.15) is 11.6 Å². The molecule has 0 radical (unpaired) electrons. The van der Waals surface area contributed by atoms with Crippen molar-refractivity contribution in [2.45, 2.75) is 32.2 Å². The summed E-state index contributed by atoms with van der Waals surface area (Å²) in [5, 5.41) is 8.38. The summed E-state index contributed by atoms with van der Waals surface area (Å²) in [5.74, 6) is 0.165. The van der Waals surface area contributed by atoms with Gasteiger partial charge in [-0.25, -0.2) is 4.39 Å². The van der Waals surface area contributed by atoms with E-state index in [4.69, 9.17) is 15.7 Å². The highest BCUT2D eigenvalue weighted by molar-refractivity contribution is 5.36. The number of ether oxygens (including phenoxy) is 1. The largest absolute Gasteiger partial charge is 0.493 e. The Morgan fingerprint density at radius 3 is 2.88 bits per heavy atom. The number of rotatable bonds is 6. The number of nitriles is 1. The van der Waals surface area contributed by atoms with Crippen molar-refractivity contribution in [3.63, 3.8) is 0 Å². The molecule has 0 saturated heterocycles. The summed E-state index contributed by atoms with van der Waals surface area (Å²) in [6, 6.07) is 6.25. The van der Waals surface area contributed by atoms with Crippen molar-refractivity contribution >= 4 is 0 Å². The zero-order valence-electron chi connectivity index (χ0n) is 9.95. The Balaban J connectivity index is 2.57. The van der Waals surface area contributed by atoms with Crippen LogP contribution in [0.4, 0.5) is 4.39 Å². The molecule has 0 fully saturated rings. The molecule has 0 heterocycles. The first-order chi connectivity index (χ1) is 8.15. The monoisotopic (exact) mass is 236 g/mol. The van der Waals surface area contributed by atoms with Crippen molar-refractivity contribution in [2.24, 2.45) is 5.73 Å². The lowest BCUT2D eigenvalue weighted by Crippen LogP contribution is -2.09. The van der Waals surface area contributed by atoms with Gasteiger partial charge >= 0.3 is 0 Å². The van der Waals surface area contributed by atoms with Crippen molar-refractivity contribution < 1.29 is 9.13 Å². The van der Waals surface area contributed by atoms with E-state index in [1.165, 1.54) is 12.1 Å². The second-order valence-corrected chi connectivity index (χ2v) is 3.93. The van der Waals surface area contributed by atoms with Crippen LogP contribution in [-0.4, -0.2) is 6.61 Å². The third-order valence-electron chi connectivity index (χ3n) is 2.41. The van der Waals surface area contributed by atoms with Crippen LogP contribution in [0.15, 0.2) is 18.2 Å². The van der Waals surface area contributed by atoms with E-state index >= 15 is 0 Å². The highest BCUT2D eigenvalue weighted by Gasteiger charge is 2.09. The van der Waals surface area contributed by atoms with Gasteiger partial charge in [-0.3, -0.25) is 0 Å². The minimum Gasteiger partial charge on any atom is -0.493 e. The molecule has 0 spiro atoms. The maximum absolute atomic E-state index is 13.1. The Morgan fingerprint density at radius 2 is 2.24 bits per heavy atom. The zero-order valence-corrected chi connectivity index (χ0v) is 9.95. The van der Waals surface area contributed by atoms with Gasteiger partial charge in [0.25, 0.3) is 0 Å². The summed E-state index contributed by atoms with van der Waals surface area (Å²) in [7, 11) is 0. The van der Waals surface area contributed by atoms with E-state index in [2.05, 4.69) is 6.07 Å². The summed E-state index contributed by atoms with van der Waals surface area (Å²) in [6.45, 7) is 2.31. The molecule has 1 atom stereocenters. The molecule has 0 aliphatic rings. The van der Waals surface area contributed by atoms with Gasteiger partial charge in [0.2, 0.25) is 0 Å². The number of hydrogen-bond acceptors (Lipinski definition) is 3. The fourth-order valence-electron chi connectivity index (χ4n) is 1.50. The molecule has 0 aliphatic heterocycles. The number of benzene rings is 1. The van der Waals surface area contributed by atoms with E-state index in [1.54, 1.807) is 6.07 Å². The summed E-state index contributed by atoms with van der Waals surface area (Å²) in [5.41, 5.74) is 6.57. The Labute approximate surface area is 101 Å². The molecule has 1 aromatic carbocycles. The third kappa shape index (κ3) is 4.41. The maximum Gasteiger partial charge on any atom is 0.126 e. The highest BCUT2D eigenvalue weighted by atomic mass is 19.1. The summed E-state index contributed by atoms with van der Waals surface area (Å²) >= 11 is 0. The molecule has 0 bridgehead atoms. The third-order valence-corrected chi connectivity index (χ3v) is 2.41. The van der Waals surface area contributed by atoms with E-state index in [0.717, 1.165) is 18.4 Å². The Hall–Kier alpha value is -1.60. The molecule has 4 heteroatoms. The van der Waals surface area contributed by atoms with Gasteiger partial charge in [-0.1, -0.05) is 6.07 Å². The zero-order chi connectivity index (χ0) is 12.7. The van der Waals surface area contributed by atoms with E-state index in [1.807, 2.05) is 6.92 Å². The SMILES string of the molecule is C[C@H](N)c1ccc(F)cc1OCCCCC#N. The van der Waals surface area contributed by atoms with Crippen LogP contribution in [-0.2, 0) is 0 Å². The van der Waals surface area contributed by atoms with Gasteiger partial charge in [0.05, 0.1) is 12.7 Å². The Morgan fingerprint density at radius 1 is 1.47 bits per heavy atom. The Bertz CT molecular complexity index is 399. The molecule has 92 valence electrons. The van der Waals surface area contributed by atoms with Crippen LogP contribution >= 0.6 is 0 Å². The van der Waals surface area contributed by atoms with Crippen molar-refractivity contribution in [3.05, 3.63) is 29.6 Å². The predicted octanol–water partition coefficient (Wildman–Crippen LogP) is 2.92. The van der Waals surface area contributed by atoms with Crippen LogP contribution in [0.3, 0.4) is 0 Å². The van der Waals surface area contributed by atoms with Gasteiger partial charge in [-0.2, -0.15) is 5.26 Å². The molecular formula is C13H17FN2O.